The lowest BCUT2D eigenvalue weighted by atomic mass is 9.95. The van der Waals surface area contributed by atoms with Crippen molar-refractivity contribution in [3.8, 4) is 5.75 Å². The Morgan fingerprint density at radius 1 is 1.14 bits per heavy atom. The van der Waals surface area contributed by atoms with Crippen molar-refractivity contribution in [2.75, 3.05) is 16.2 Å². The molecule has 0 unspecified atom stereocenters. The number of aryl methyl sites for hydroxylation is 1. The van der Waals surface area contributed by atoms with Crippen molar-refractivity contribution < 1.29 is 31.9 Å². The zero-order valence-corrected chi connectivity index (χ0v) is 23.0. The number of nitrogens with zero attached hydrogens (tertiary/aromatic N) is 1. The van der Waals surface area contributed by atoms with Crippen LogP contribution >= 0.6 is 0 Å². The van der Waals surface area contributed by atoms with Gasteiger partial charge in [0.2, 0.25) is 5.91 Å². The summed E-state index contributed by atoms with van der Waals surface area (Å²) in [5.74, 6) is -0.447. The van der Waals surface area contributed by atoms with E-state index in [1.807, 2.05) is 13.8 Å². The van der Waals surface area contributed by atoms with E-state index in [0.29, 0.717) is 12.1 Å². The Bertz CT molecular complexity index is 1300. The lowest BCUT2D eigenvalue weighted by Gasteiger charge is -2.39. The summed E-state index contributed by atoms with van der Waals surface area (Å²) in [4.78, 5) is 23.9. The van der Waals surface area contributed by atoms with Gasteiger partial charge < -0.3 is 14.8 Å². The number of carbonyl (C=O) groups excluding carboxylic acids is 2. The fourth-order valence-electron chi connectivity index (χ4n) is 4.15. The van der Waals surface area contributed by atoms with Gasteiger partial charge in [-0.25, -0.2) is 17.6 Å². The van der Waals surface area contributed by atoms with E-state index in [4.69, 9.17) is 9.47 Å². The number of ether oxygens (including phenoxy) is 2. The van der Waals surface area contributed by atoms with E-state index in [0.717, 1.165) is 6.07 Å². The van der Waals surface area contributed by atoms with Crippen molar-refractivity contribution >= 4 is 33.4 Å². The van der Waals surface area contributed by atoms with Gasteiger partial charge in [-0.05, 0) is 83.5 Å². The predicted molar refractivity (Wildman–Crippen MR) is 139 cm³/mol. The monoisotopic (exact) mass is 535 g/mol. The first-order chi connectivity index (χ1) is 17.0. The molecule has 0 aromatic heterocycles. The van der Waals surface area contributed by atoms with E-state index in [1.165, 1.54) is 36.4 Å². The van der Waals surface area contributed by atoms with E-state index in [9.17, 15) is 22.4 Å². The van der Waals surface area contributed by atoms with E-state index >= 15 is 0 Å². The Kier molecular flexibility index (Phi) is 7.78. The Hall–Kier alpha value is -3.34. The third kappa shape index (κ3) is 7.12. The maximum atomic E-state index is 13.9. The molecule has 202 valence electrons. The summed E-state index contributed by atoms with van der Waals surface area (Å²) in [5.41, 5.74) is -0.675. The van der Waals surface area contributed by atoms with Crippen LogP contribution < -0.4 is 19.7 Å². The van der Waals surface area contributed by atoms with Gasteiger partial charge in [0.1, 0.15) is 23.3 Å². The van der Waals surface area contributed by atoms with Crippen LogP contribution in [0.3, 0.4) is 0 Å². The molecule has 37 heavy (non-hydrogen) atoms. The van der Waals surface area contributed by atoms with Gasteiger partial charge in [0, 0.05) is 24.6 Å². The number of benzene rings is 2. The molecular weight excluding hydrogens is 501 g/mol. The Morgan fingerprint density at radius 3 is 2.41 bits per heavy atom. The number of carbonyl (C=O) groups is 2. The maximum Gasteiger partial charge on any atom is 0.412 e. The average Bonchev–Trinajstić information content (AvgIpc) is 2.72. The molecule has 0 saturated heterocycles. The van der Waals surface area contributed by atoms with Gasteiger partial charge in [-0.2, -0.15) is 0 Å². The van der Waals surface area contributed by atoms with Gasteiger partial charge in [-0.15, -0.1) is 0 Å². The minimum Gasteiger partial charge on any atom is -0.486 e. The Morgan fingerprint density at radius 2 is 1.81 bits per heavy atom. The summed E-state index contributed by atoms with van der Waals surface area (Å²) in [6.07, 6.45) is -0.976. The molecule has 1 atom stereocenters. The molecule has 0 radical (unpaired) electrons. The summed E-state index contributed by atoms with van der Waals surface area (Å²) in [5, 5.41) is 5.46. The van der Waals surface area contributed by atoms with Crippen LogP contribution in [0.2, 0.25) is 0 Å². The number of amides is 2. The highest BCUT2D eigenvalue weighted by molar-refractivity contribution is 7.92. The second-order valence-corrected chi connectivity index (χ2v) is 12.6. The molecular formula is C26H34FN3O6S. The van der Waals surface area contributed by atoms with Crippen molar-refractivity contribution in [2.24, 2.45) is 0 Å². The Balaban J connectivity index is 2.02. The summed E-state index contributed by atoms with van der Waals surface area (Å²) >= 11 is 0. The van der Waals surface area contributed by atoms with Crippen LogP contribution in [0.5, 0.6) is 5.75 Å². The molecule has 9 nitrogen and oxygen atoms in total. The molecule has 0 fully saturated rings. The van der Waals surface area contributed by atoms with E-state index in [2.05, 4.69) is 10.6 Å². The standard InChI is InChI=1S/C26H34FN3O6S/c1-16-12-20(9-10-21(16)27)37(33,34)30-15-19(14-26(6,7)29-17(2)31)35-23-11-8-18(13-22(23)30)28-24(32)36-25(3,4)5/h8-13,19H,14-15H2,1-7H3,(H,28,32)(H,29,31)/t19-/m0/s1. The number of anilines is 2. The minimum atomic E-state index is -4.14. The first-order valence-electron chi connectivity index (χ1n) is 11.9. The van der Waals surface area contributed by atoms with Gasteiger partial charge in [0.25, 0.3) is 10.0 Å². The van der Waals surface area contributed by atoms with Gasteiger partial charge in [0.15, 0.2) is 0 Å². The van der Waals surface area contributed by atoms with Crippen molar-refractivity contribution in [3.05, 3.63) is 47.8 Å². The number of fused-ring (bicyclic) bond motifs is 1. The molecule has 0 aliphatic carbocycles. The zero-order chi connectivity index (χ0) is 27.8. The maximum absolute atomic E-state index is 13.9. The van der Waals surface area contributed by atoms with Crippen molar-refractivity contribution in [3.63, 3.8) is 0 Å². The second-order valence-electron chi connectivity index (χ2n) is 10.8. The highest BCUT2D eigenvalue weighted by atomic mass is 32.2. The summed E-state index contributed by atoms with van der Waals surface area (Å²) in [6.45, 7) is 11.7. The quantitative estimate of drug-likeness (QED) is 0.552. The highest BCUT2D eigenvalue weighted by Crippen LogP contribution is 2.40. The predicted octanol–water partition coefficient (Wildman–Crippen LogP) is 4.74. The second kappa shape index (κ2) is 10.2. The van der Waals surface area contributed by atoms with Crippen LogP contribution in [-0.4, -0.2) is 44.2 Å². The molecule has 0 spiro atoms. The fraction of sp³-hybridized carbons (Fsp3) is 0.462. The lowest BCUT2D eigenvalue weighted by molar-refractivity contribution is -0.120. The number of sulfonamides is 1. The molecule has 1 aliphatic rings. The molecule has 2 aromatic rings. The Labute approximate surface area is 217 Å². The molecule has 0 bridgehead atoms. The largest absolute Gasteiger partial charge is 0.486 e. The molecule has 2 amide bonds. The molecule has 0 saturated carbocycles. The van der Waals surface area contributed by atoms with E-state index < -0.39 is 39.2 Å². The van der Waals surface area contributed by atoms with Crippen molar-refractivity contribution in [2.45, 2.75) is 77.0 Å². The topological polar surface area (TPSA) is 114 Å². The molecule has 2 aromatic carbocycles. The number of halogens is 1. The number of rotatable bonds is 6. The van der Waals surface area contributed by atoms with Crippen LogP contribution in [0.25, 0.3) is 0 Å². The number of hydrogen-bond acceptors (Lipinski definition) is 6. The van der Waals surface area contributed by atoms with E-state index in [1.54, 1.807) is 32.9 Å². The molecule has 11 heteroatoms. The van der Waals surface area contributed by atoms with Crippen molar-refractivity contribution in [1.82, 2.24) is 5.32 Å². The SMILES string of the molecule is CC(=O)NC(C)(C)C[C@H]1CN(S(=O)(=O)c2ccc(F)c(C)c2)c2cc(NC(=O)OC(C)(C)C)ccc2O1. The van der Waals surface area contributed by atoms with Crippen LogP contribution in [0.4, 0.5) is 20.6 Å². The molecule has 2 N–H and O–H groups in total. The number of nitrogens with one attached hydrogen (secondary N) is 2. The zero-order valence-electron chi connectivity index (χ0n) is 22.1. The first-order valence-corrected chi connectivity index (χ1v) is 13.3. The normalized spacial score (nSPS) is 15.9. The average molecular weight is 536 g/mol. The van der Waals surface area contributed by atoms with Gasteiger partial charge in [-0.1, -0.05) is 0 Å². The van der Waals surface area contributed by atoms with Gasteiger partial charge in [-0.3, -0.25) is 14.4 Å². The van der Waals surface area contributed by atoms with Crippen LogP contribution in [0, 0.1) is 12.7 Å². The van der Waals surface area contributed by atoms with Crippen LogP contribution in [-0.2, 0) is 19.6 Å². The highest BCUT2D eigenvalue weighted by Gasteiger charge is 2.37. The van der Waals surface area contributed by atoms with Gasteiger partial charge in [0.05, 0.1) is 17.1 Å². The molecule has 3 rings (SSSR count). The minimum absolute atomic E-state index is 0.0648. The van der Waals surface area contributed by atoms with E-state index in [-0.39, 0.29) is 34.3 Å². The van der Waals surface area contributed by atoms with Gasteiger partial charge >= 0.3 is 6.09 Å². The van der Waals surface area contributed by atoms with Crippen LogP contribution in [0.15, 0.2) is 41.3 Å². The fourth-order valence-corrected chi connectivity index (χ4v) is 5.73. The first kappa shape index (κ1) is 28.2. The third-order valence-electron chi connectivity index (χ3n) is 5.51. The number of hydrogen-bond donors (Lipinski definition) is 2. The third-order valence-corrected chi connectivity index (χ3v) is 7.28. The summed E-state index contributed by atoms with van der Waals surface area (Å²) < 4.78 is 54.1. The molecule has 1 aliphatic heterocycles. The smallest absolute Gasteiger partial charge is 0.412 e. The van der Waals surface area contributed by atoms with Crippen molar-refractivity contribution in [1.29, 1.82) is 0 Å². The summed E-state index contributed by atoms with van der Waals surface area (Å²) in [6, 6.07) is 8.24. The summed E-state index contributed by atoms with van der Waals surface area (Å²) in [7, 11) is -4.14. The molecule has 1 heterocycles. The lowest BCUT2D eigenvalue weighted by Crippen LogP contribution is -2.50. The van der Waals surface area contributed by atoms with Crippen LogP contribution in [0.1, 0.15) is 53.5 Å².